The van der Waals surface area contributed by atoms with E-state index in [9.17, 15) is 14.4 Å². The van der Waals surface area contributed by atoms with Gasteiger partial charge in [0.2, 0.25) is 5.54 Å². The molecule has 0 aromatic heterocycles. The van der Waals surface area contributed by atoms with Gasteiger partial charge < -0.3 is 5.32 Å². The van der Waals surface area contributed by atoms with E-state index in [1.807, 2.05) is 0 Å². The van der Waals surface area contributed by atoms with Gasteiger partial charge in [-0.2, -0.15) is 4.42 Å². The minimum atomic E-state index is -2.01. The number of carbonyl (C=O) groups excluding carboxylic acids is 3. The highest BCUT2D eigenvalue weighted by molar-refractivity contribution is 6.42. The molecule has 4 amide bonds. The topological polar surface area (TPSA) is 69.7 Å². The molecule has 1 aromatic rings. The van der Waals surface area contributed by atoms with Crippen molar-refractivity contribution in [1.29, 1.82) is 0 Å². The van der Waals surface area contributed by atoms with Gasteiger partial charge in [-0.25, -0.2) is 9.21 Å². The van der Waals surface area contributed by atoms with Gasteiger partial charge in [-0.3, -0.25) is 9.59 Å². The van der Waals surface area contributed by atoms with Crippen molar-refractivity contribution in [2.75, 3.05) is 0 Å². The Morgan fingerprint density at radius 3 is 2.19 bits per heavy atom. The van der Waals surface area contributed by atoms with E-state index in [-0.39, 0.29) is 11.6 Å². The number of halogens is 2. The van der Waals surface area contributed by atoms with E-state index in [4.69, 9.17) is 23.6 Å². The van der Waals surface area contributed by atoms with Crippen LogP contribution in [0.15, 0.2) is 30.3 Å². The zero-order valence-electron chi connectivity index (χ0n) is 11.3. The van der Waals surface area contributed by atoms with Gasteiger partial charge in [-0.05, 0) is 19.4 Å². The SMILES string of the molecule is CC(C)NC(=O)C1(c2ccccc2)C(=O)N(Cl)C(=O)N1Cl. The molecule has 112 valence electrons. The minimum Gasteiger partial charge on any atom is -0.351 e. The summed E-state index contributed by atoms with van der Waals surface area (Å²) in [6.45, 7) is 3.46. The predicted octanol–water partition coefficient (Wildman–Crippen LogP) is 1.98. The Labute approximate surface area is 131 Å². The summed E-state index contributed by atoms with van der Waals surface area (Å²) in [4.78, 5) is 36.9. The number of urea groups is 1. The molecule has 2 rings (SSSR count). The number of nitrogens with zero attached hydrogens (tertiary/aromatic N) is 2. The van der Waals surface area contributed by atoms with E-state index in [2.05, 4.69) is 5.32 Å². The zero-order valence-corrected chi connectivity index (χ0v) is 12.9. The van der Waals surface area contributed by atoms with Crippen LogP contribution in [0.4, 0.5) is 4.79 Å². The van der Waals surface area contributed by atoms with Crippen molar-refractivity contribution in [3.63, 3.8) is 0 Å². The third-order valence-electron chi connectivity index (χ3n) is 3.06. The Morgan fingerprint density at radius 1 is 1.19 bits per heavy atom. The first-order valence-electron chi connectivity index (χ1n) is 6.20. The van der Waals surface area contributed by atoms with Crippen molar-refractivity contribution in [2.45, 2.75) is 25.4 Å². The van der Waals surface area contributed by atoms with E-state index >= 15 is 0 Å². The van der Waals surface area contributed by atoms with Gasteiger partial charge in [0.1, 0.15) is 0 Å². The number of hydrogen-bond donors (Lipinski definition) is 1. The van der Waals surface area contributed by atoms with Crippen molar-refractivity contribution in [1.82, 2.24) is 14.2 Å². The van der Waals surface area contributed by atoms with Gasteiger partial charge >= 0.3 is 6.03 Å². The molecule has 1 aliphatic heterocycles. The van der Waals surface area contributed by atoms with Crippen molar-refractivity contribution in [2.24, 2.45) is 0 Å². The normalized spacial score (nSPS) is 22.1. The fraction of sp³-hybridized carbons (Fsp3) is 0.308. The third kappa shape index (κ3) is 2.24. The highest BCUT2D eigenvalue weighted by Gasteiger charge is 2.63. The molecule has 1 atom stereocenters. The number of carbonyl (C=O) groups is 3. The van der Waals surface area contributed by atoms with Gasteiger partial charge in [0.15, 0.2) is 0 Å². The average molecular weight is 330 g/mol. The quantitative estimate of drug-likeness (QED) is 0.523. The zero-order chi connectivity index (χ0) is 15.8. The smallest absolute Gasteiger partial charge is 0.351 e. The van der Waals surface area contributed by atoms with Crippen LogP contribution in [0, 0.1) is 0 Å². The van der Waals surface area contributed by atoms with E-state index in [0.29, 0.717) is 8.84 Å². The van der Waals surface area contributed by atoms with Gasteiger partial charge in [0, 0.05) is 29.6 Å². The summed E-state index contributed by atoms with van der Waals surface area (Å²) in [5.74, 6) is -1.62. The van der Waals surface area contributed by atoms with E-state index in [1.54, 1.807) is 32.0 Å². The molecule has 0 aliphatic carbocycles. The molecule has 0 saturated carbocycles. The number of nitrogens with one attached hydrogen (secondary N) is 1. The molecule has 0 spiro atoms. The highest BCUT2D eigenvalue weighted by atomic mass is 35.5. The first-order valence-corrected chi connectivity index (χ1v) is 6.88. The fourth-order valence-electron chi connectivity index (χ4n) is 2.13. The summed E-state index contributed by atoms with van der Waals surface area (Å²) in [5.41, 5.74) is -1.74. The lowest BCUT2D eigenvalue weighted by atomic mass is 9.88. The average Bonchev–Trinajstić information content (AvgIpc) is 2.62. The predicted molar refractivity (Wildman–Crippen MR) is 77.2 cm³/mol. The lowest BCUT2D eigenvalue weighted by Gasteiger charge is -2.30. The number of amides is 4. The molecule has 21 heavy (non-hydrogen) atoms. The van der Waals surface area contributed by atoms with Gasteiger partial charge in [-0.15, -0.1) is 0 Å². The molecule has 1 N–H and O–H groups in total. The maximum Gasteiger partial charge on any atom is 0.358 e. The van der Waals surface area contributed by atoms with Crippen LogP contribution in [0.1, 0.15) is 19.4 Å². The second kappa shape index (κ2) is 5.54. The van der Waals surface area contributed by atoms with Gasteiger partial charge in [0.25, 0.3) is 11.8 Å². The van der Waals surface area contributed by atoms with E-state index in [1.165, 1.54) is 12.1 Å². The van der Waals surface area contributed by atoms with Gasteiger partial charge in [-0.1, -0.05) is 30.3 Å². The molecular weight excluding hydrogens is 317 g/mol. The monoisotopic (exact) mass is 329 g/mol. The summed E-state index contributed by atoms with van der Waals surface area (Å²) in [5, 5.41) is 2.60. The first-order chi connectivity index (χ1) is 9.83. The Kier molecular flexibility index (Phi) is 4.11. The maximum absolute atomic E-state index is 12.6. The Balaban J connectivity index is 2.63. The highest BCUT2D eigenvalue weighted by Crippen LogP contribution is 2.40. The van der Waals surface area contributed by atoms with Crippen molar-refractivity contribution < 1.29 is 14.4 Å². The molecule has 1 unspecified atom stereocenters. The number of hydrogen-bond acceptors (Lipinski definition) is 3. The molecule has 1 saturated heterocycles. The Morgan fingerprint density at radius 2 is 1.76 bits per heavy atom. The van der Waals surface area contributed by atoms with Crippen LogP contribution in [0.25, 0.3) is 0 Å². The molecule has 6 nitrogen and oxygen atoms in total. The van der Waals surface area contributed by atoms with Crippen LogP contribution in [0.5, 0.6) is 0 Å². The van der Waals surface area contributed by atoms with Crippen molar-refractivity contribution in [3.8, 4) is 0 Å². The van der Waals surface area contributed by atoms with Crippen molar-refractivity contribution in [3.05, 3.63) is 35.9 Å². The van der Waals surface area contributed by atoms with Crippen LogP contribution in [-0.2, 0) is 15.1 Å². The lowest BCUT2D eigenvalue weighted by Crippen LogP contribution is -2.56. The molecule has 8 heteroatoms. The van der Waals surface area contributed by atoms with Crippen LogP contribution < -0.4 is 5.32 Å². The molecule has 0 radical (unpaired) electrons. The summed E-state index contributed by atoms with van der Waals surface area (Å²) < 4.78 is 0.856. The van der Waals surface area contributed by atoms with Crippen LogP contribution in [-0.4, -0.2) is 32.7 Å². The number of benzene rings is 1. The van der Waals surface area contributed by atoms with E-state index in [0.717, 1.165) is 0 Å². The summed E-state index contributed by atoms with van der Waals surface area (Å²) in [6.07, 6.45) is 0. The molecule has 1 aromatic carbocycles. The third-order valence-corrected chi connectivity index (χ3v) is 3.75. The van der Waals surface area contributed by atoms with Gasteiger partial charge in [0.05, 0.1) is 0 Å². The van der Waals surface area contributed by atoms with Crippen LogP contribution in [0.2, 0.25) is 0 Å². The second-order valence-corrected chi connectivity index (χ2v) is 5.53. The summed E-state index contributed by atoms with van der Waals surface area (Å²) in [6, 6.07) is 6.86. The van der Waals surface area contributed by atoms with Crippen LogP contribution in [0.3, 0.4) is 0 Å². The fourth-order valence-corrected chi connectivity index (χ4v) is 2.69. The summed E-state index contributed by atoms with van der Waals surface area (Å²) in [7, 11) is 0. The Hall–Kier alpha value is -1.79. The van der Waals surface area contributed by atoms with E-state index < -0.39 is 23.4 Å². The molecular formula is C13H13Cl2N3O3. The molecule has 0 bridgehead atoms. The minimum absolute atomic E-state index is 0.240. The Bertz CT molecular complexity index is 594. The lowest BCUT2D eigenvalue weighted by molar-refractivity contribution is -0.141. The van der Waals surface area contributed by atoms with Crippen LogP contribution >= 0.6 is 23.6 Å². The van der Waals surface area contributed by atoms with Crippen molar-refractivity contribution >= 4 is 41.4 Å². The molecule has 1 fully saturated rings. The maximum atomic E-state index is 12.6. The largest absolute Gasteiger partial charge is 0.358 e. The molecule has 1 aliphatic rings. The number of rotatable bonds is 3. The number of imide groups is 1. The standard InChI is InChI=1S/C13H13Cl2N3O3/c1-8(2)16-10(19)13(9-6-4-3-5-7-9)11(20)17(14)12(21)18(13)15/h3-8H,1-2H3,(H,16,19). The summed E-state index contributed by atoms with van der Waals surface area (Å²) >= 11 is 11.6. The molecule has 1 heterocycles. The first kappa shape index (κ1) is 15.6. The second-order valence-electron chi connectivity index (χ2n) is 4.85.